The van der Waals surface area contributed by atoms with Crippen molar-refractivity contribution in [1.82, 2.24) is 9.80 Å². The molecule has 100 valence electrons. The van der Waals surface area contributed by atoms with Crippen molar-refractivity contribution in [2.75, 3.05) is 45.9 Å². The van der Waals surface area contributed by atoms with E-state index >= 15 is 0 Å². The van der Waals surface area contributed by atoms with Crippen molar-refractivity contribution in [3.63, 3.8) is 0 Å². The van der Waals surface area contributed by atoms with Crippen LogP contribution in [0, 0.1) is 5.92 Å². The van der Waals surface area contributed by atoms with E-state index in [1.807, 2.05) is 0 Å². The number of hydrogen-bond acceptors (Lipinski definition) is 3. The van der Waals surface area contributed by atoms with Crippen LogP contribution in [0.5, 0.6) is 0 Å². The van der Waals surface area contributed by atoms with Crippen LogP contribution < -0.4 is 0 Å². The van der Waals surface area contributed by atoms with Crippen molar-refractivity contribution in [2.45, 2.75) is 39.2 Å². The van der Waals surface area contributed by atoms with Gasteiger partial charge in [-0.25, -0.2) is 0 Å². The maximum Gasteiger partial charge on any atom is 0.0753 e. The molecule has 2 aliphatic heterocycles. The van der Waals surface area contributed by atoms with Crippen LogP contribution in [0.2, 0.25) is 0 Å². The number of rotatable bonds is 3. The first-order valence-electron chi connectivity index (χ1n) is 7.14. The van der Waals surface area contributed by atoms with Crippen molar-refractivity contribution in [2.24, 2.45) is 5.92 Å². The summed E-state index contributed by atoms with van der Waals surface area (Å²) in [5, 5.41) is 0. The van der Waals surface area contributed by atoms with E-state index in [0.29, 0.717) is 0 Å². The highest BCUT2D eigenvalue weighted by molar-refractivity contribution is 4.80. The van der Waals surface area contributed by atoms with E-state index in [-0.39, 0.29) is 5.60 Å². The minimum Gasteiger partial charge on any atom is -0.373 e. The summed E-state index contributed by atoms with van der Waals surface area (Å²) in [7, 11) is 0. The Morgan fingerprint density at radius 1 is 1.18 bits per heavy atom. The van der Waals surface area contributed by atoms with E-state index in [0.717, 1.165) is 25.6 Å². The average Bonchev–Trinajstić information content (AvgIpc) is 2.25. The molecule has 0 bridgehead atoms. The van der Waals surface area contributed by atoms with Crippen LogP contribution >= 0.6 is 0 Å². The van der Waals surface area contributed by atoms with E-state index in [1.54, 1.807) is 0 Å². The third-order valence-corrected chi connectivity index (χ3v) is 3.98. The molecule has 0 saturated carbocycles. The third kappa shape index (κ3) is 4.23. The maximum atomic E-state index is 5.75. The normalized spacial score (nSPS) is 31.6. The minimum atomic E-state index is 0.0490. The predicted octanol–water partition coefficient (Wildman–Crippen LogP) is 1.83. The van der Waals surface area contributed by atoms with Gasteiger partial charge in [-0.1, -0.05) is 6.92 Å². The van der Waals surface area contributed by atoms with Gasteiger partial charge in [0.15, 0.2) is 0 Å². The van der Waals surface area contributed by atoms with Crippen molar-refractivity contribution in [3.8, 4) is 0 Å². The topological polar surface area (TPSA) is 15.7 Å². The highest BCUT2D eigenvalue weighted by Crippen LogP contribution is 2.18. The predicted molar refractivity (Wildman–Crippen MR) is 71.3 cm³/mol. The summed E-state index contributed by atoms with van der Waals surface area (Å²) in [6.45, 7) is 14.9. The zero-order valence-electron chi connectivity index (χ0n) is 11.7. The smallest absolute Gasteiger partial charge is 0.0753 e. The van der Waals surface area contributed by atoms with Gasteiger partial charge in [-0.2, -0.15) is 0 Å². The molecular formula is C14H28N2O. The van der Waals surface area contributed by atoms with Gasteiger partial charge >= 0.3 is 0 Å². The lowest BCUT2D eigenvalue weighted by Crippen LogP contribution is -2.50. The van der Waals surface area contributed by atoms with Crippen LogP contribution in [0.3, 0.4) is 0 Å². The van der Waals surface area contributed by atoms with Gasteiger partial charge in [-0.05, 0) is 39.2 Å². The van der Waals surface area contributed by atoms with Gasteiger partial charge in [0, 0.05) is 32.7 Å². The molecule has 2 rings (SSSR count). The maximum absolute atomic E-state index is 5.75. The van der Waals surface area contributed by atoms with Gasteiger partial charge in [0.1, 0.15) is 0 Å². The average molecular weight is 240 g/mol. The first kappa shape index (κ1) is 13.3. The fraction of sp³-hybridized carbons (Fsp3) is 1.00. The zero-order chi connectivity index (χ0) is 12.3. The Morgan fingerprint density at radius 3 is 2.65 bits per heavy atom. The van der Waals surface area contributed by atoms with Gasteiger partial charge in [0.05, 0.1) is 12.2 Å². The molecule has 0 N–H and O–H groups in total. The number of nitrogens with zero attached hydrogens (tertiary/aromatic N) is 2. The molecule has 2 fully saturated rings. The van der Waals surface area contributed by atoms with Crippen LogP contribution in [0.15, 0.2) is 0 Å². The quantitative estimate of drug-likeness (QED) is 0.748. The summed E-state index contributed by atoms with van der Waals surface area (Å²) in [5.41, 5.74) is 0.0490. The molecule has 0 aliphatic carbocycles. The molecule has 3 nitrogen and oxygen atoms in total. The Balaban J connectivity index is 1.70. The van der Waals surface area contributed by atoms with Crippen LogP contribution in [0.25, 0.3) is 0 Å². The van der Waals surface area contributed by atoms with Gasteiger partial charge in [0.25, 0.3) is 0 Å². The van der Waals surface area contributed by atoms with Crippen molar-refractivity contribution in [1.29, 1.82) is 0 Å². The molecule has 0 radical (unpaired) electrons. The van der Waals surface area contributed by atoms with Gasteiger partial charge in [-0.3, -0.25) is 4.90 Å². The number of likely N-dealkylation sites (tertiary alicyclic amines) is 1. The molecule has 17 heavy (non-hydrogen) atoms. The lowest BCUT2D eigenvalue weighted by Gasteiger charge is -2.39. The fourth-order valence-corrected chi connectivity index (χ4v) is 3.08. The van der Waals surface area contributed by atoms with Crippen molar-refractivity contribution in [3.05, 3.63) is 0 Å². The van der Waals surface area contributed by atoms with E-state index in [1.165, 1.54) is 39.0 Å². The number of hydrogen-bond donors (Lipinski definition) is 0. The van der Waals surface area contributed by atoms with Crippen LogP contribution in [-0.2, 0) is 4.74 Å². The summed E-state index contributed by atoms with van der Waals surface area (Å²) >= 11 is 0. The van der Waals surface area contributed by atoms with E-state index in [4.69, 9.17) is 4.74 Å². The second-order valence-electron chi connectivity index (χ2n) is 6.43. The summed E-state index contributed by atoms with van der Waals surface area (Å²) in [4.78, 5) is 5.19. The molecule has 1 atom stereocenters. The monoisotopic (exact) mass is 240 g/mol. The van der Waals surface area contributed by atoms with Crippen LogP contribution in [0.4, 0.5) is 0 Å². The summed E-state index contributed by atoms with van der Waals surface area (Å²) < 4.78 is 5.75. The van der Waals surface area contributed by atoms with E-state index < -0.39 is 0 Å². The Bertz CT molecular complexity index is 242. The van der Waals surface area contributed by atoms with Gasteiger partial charge < -0.3 is 9.64 Å². The Morgan fingerprint density at radius 2 is 1.94 bits per heavy atom. The molecule has 2 aliphatic rings. The summed E-state index contributed by atoms with van der Waals surface area (Å²) in [6, 6.07) is 0. The molecule has 0 aromatic heterocycles. The Labute approximate surface area is 106 Å². The Kier molecular flexibility index (Phi) is 4.45. The second kappa shape index (κ2) is 5.68. The van der Waals surface area contributed by atoms with Crippen molar-refractivity contribution < 1.29 is 4.74 Å². The number of piperidine rings is 1. The Hall–Kier alpha value is -0.120. The first-order chi connectivity index (χ1) is 8.05. The van der Waals surface area contributed by atoms with E-state index in [9.17, 15) is 0 Å². The fourth-order valence-electron chi connectivity index (χ4n) is 3.08. The second-order valence-corrected chi connectivity index (χ2v) is 6.43. The number of ether oxygens (including phenoxy) is 1. The molecule has 2 heterocycles. The summed E-state index contributed by atoms with van der Waals surface area (Å²) in [5.74, 6) is 0.893. The van der Waals surface area contributed by atoms with Gasteiger partial charge in [-0.15, -0.1) is 0 Å². The zero-order valence-corrected chi connectivity index (χ0v) is 11.7. The molecule has 0 amide bonds. The van der Waals surface area contributed by atoms with Crippen molar-refractivity contribution >= 4 is 0 Å². The highest BCUT2D eigenvalue weighted by Gasteiger charge is 2.27. The molecule has 0 aromatic carbocycles. The number of morpholine rings is 1. The molecule has 0 spiro atoms. The lowest BCUT2D eigenvalue weighted by atomic mass is 10.0. The summed E-state index contributed by atoms with van der Waals surface area (Å²) in [6.07, 6.45) is 2.80. The molecular weight excluding hydrogens is 212 g/mol. The highest BCUT2D eigenvalue weighted by atomic mass is 16.5. The molecule has 0 aromatic rings. The van der Waals surface area contributed by atoms with Crippen LogP contribution in [-0.4, -0.2) is 61.3 Å². The van der Waals surface area contributed by atoms with Gasteiger partial charge in [0.2, 0.25) is 0 Å². The lowest BCUT2D eigenvalue weighted by molar-refractivity contribution is -0.0874. The SMILES string of the molecule is CC1CCCN(CCN2CCOC(C)(C)C2)C1. The standard InChI is InChI=1S/C14H28N2O/c1-13-5-4-6-15(11-13)7-8-16-9-10-17-14(2,3)12-16/h13H,4-12H2,1-3H3. The largest absolute Gasteiger partial charge is 0.373 e. The van der Waals surface area contributed by atoms with Crippen LogP contribution in [0.1, 0.15) is 33.6 Å². The minimum absolute atomic E-state index is 0.0490. The molecule has 3 heteroatoms. The molecule has 1 unspecified atom stereocenters. The third-order valence-electron chi connectivity index (χ3n) is 3.98. The van der Waals surface area contributed by atoms with E-state index in [2.05, 4.69) is 30.6 Å². The first-order valence-corrected chi connectivity index (χ1v) is 7.14. The molecule has 2 saturated heterocycles.